The molecule has 1 aliphatic carbocycles. The monoisotopic (exact) mass is 338 g/mol. The Bertz CT molecular complexity index is 775. The van der Waals surface area contributed by atoms with Gasteiger partial charge in [0.1, 0.15) is 5.82 Å². The molecule has 2 amide bonds. The van der Waals surface area contributed by atoms with Crippen LogP contribution in [0, 0.1) is 24.6 Å². The van der Waals surface area contributed by atoms with Gasteiger partial charge in [0.2, 0.25) is 0 Å². The molecule has 130 valence electrons. The number of nitrogens with zero attached hydrogens (tertiary/aromatic N) is 1. The van der Waals surface area contributed by atoms with Crippen LogP contribution in [0.1, 0.15) is 24.8 Å². The summed E-state index contributed by atoms with van der Waals surface area (Å²) in [6.07, 6.45) is 3.82. The van der Waals surface area contributed by atoms with Crippen LogP contribution in [0.4, 0.5) is 14.9 Å². The molecule has 2 aliphatic rings. The quantitative estimate of drug-likeness (QED) is 0.815. The summed E-state index contributed by atoms with van der Waals surface area (Å²) in [4.78, 5) is 14.6. The smallest absolute Gasteiger partial charge is 0.321 e. The van der Waals surface area contributed by atoms with Gasteiger partial charge in [0.25, 0.3) is 0 Å². The van der Waals surface area contributed by atoms with Crippen LogP contribution in [0.5, 0.6) is 0 Å². The van der Waals surface area contributed by atoms with Gasteiger partial charge < -0.3 is 10.2 Å². The second-order valence-electron chi connectivity index (χ2n) is 7.32. The first-order valence-electron chi connectivity index (χ1n) is 9.02. The summed E-state index contributed by atoms with van der Waals surface area (Å²) >= 11 is 0. The molecule has 4 rings (SSSR count). The van der Waals surface area contributed by atoms with Gasteiger partial charge in [-0.15, -0.1) is 0 Å². The van der Waals surface area contributed by atoms with Crippen molar-refractivity contribution >= 4 is 11.7 Å². The Morgan fingerprint density at radius 3 is 2.36 bits per heavy atom. The molecule has 1 heterocycles. The van der Waals surface area contributed by atoms with Crippen molar-refractivity contribution in [2.75, 3.05) is 18.4 Å². The standard InChI is InChI=1S/C21H23FN2O/c1-14-5-6-16(15-7-9-19(22)10-8-15)11-20(14)23-21(25)24-12-17-3-2-4-18(17)13-24/h5-11,17-18H,2-4,12-13H2,1H3,(H,23,25). The lowest BCUT2D eigenvalue weighted by atomic mass is 10.0. The van der Waals surface area contributed by atoms with E-state index in [0.29, 0.717) is 11.8 Å². The molecule has 2 atom stereocenters. The molecule has 0 aromatic heterocycles. The Hall–Kier alpha value is -2.36. The number of likely N-dealkylation sites (tertiary alicyclic amines) is 1. The van der Waals surface area contributed by atoms with E-state index in [0.717, 1.165) is 35.5 Å². The highest BCUT2D eigenvalue weighted by molar-refractivity contribution is 5.91. The average Bonchev–Trinajstić information content (AvgIpc) is 3.19. The third-order valence-corrected chi connectivity index (χ3v) is 5.67. The fourth-order valence-electron chi connectivity index (χ4n) is 4.17. The van der Waals surface area contributed by atoms with Crippen LogP contribution in [-0.2, 0) is 0 Å². The van der Waals surface area contributed by atoms with E-state index in [1.54, 1.807) is 12.1 Å². The predicted molar refractivity (Wildman–Crippen MR) is 98.0 cm³/mol. The van der Waals surface area contributed by atoms with Crippen molar-refractivity contribution in [2.24, 2.45) is 11.8 Å². The van der Waals surface area contributed by atoms with E-state index in [9.17, 15) is 9.18 Å². The highest BCUT2D eigenvalue weighted by Crippen LogP contribution is 2.38. The topological polar surface area (TPSA) is 32.3 Å². The second kappa shape index (κ2) is 6.51. The highest BCUT2D eigenvalue weighted by atomic mass is 19.1. The van der Waals surface area contributed by atoms with Gasteiger partial charge in [0.05, 0.1) is 0 Å². The number of fused-ring (bicyclic) bond motifs is 1. The number of carbonyl (C=O) groups excluding carboxylic acids is 1. The Morgan fingerprint density at radius 2 is 1.68 bits per heavy atom. The first-order valence-corrected chi connectivity index (χ1v) is 9.02. The number of urea groups is 1. The molecule has 2 aromatic rings. The van der Waals surface area contributed by atoms with E-state index < -0.39 is 0 Å². The Morgan fingerprint density at radius 1 is 1.04 bits per heavy atom. The van der Waals surface area contributed by atoms with Gasteiger partial charge >= 0.3 is 6.03 Å². The van der Waals surface area contributed by atoms with E-state index in [4.69, 9.17) is 0 Å². The molecule has 2 unspecified atom stereocenters. The summed E-state index contributed by atoms with van der Waals surface area (Å²) in [6, 6.07) is 12.4. The minimum atomic E-state index is -0.246. The molecule has 2 fully saturated rings. The number of hydrogen-bond donors (Lipinski definition) is 1. The number of carbonyl (C=O) groups is 1. The van der Waals surface area contributed by atoms with Crippen LogP contribution >= 0.6 is 0 Å². The zero-order valence-electron chi connectivity index (χ0n) is 14.5. The first-order chi connectivity index (χ1) is 12.1. The fourth-order valence-corrected chi connectivity index (χ4v) is 4.17. The van der Waals surface area contributed by atoms with Gasteiger partial charge in [-0.3, -0.25) is 0 Å². The average molecular weight is 338 g/mol. The minimum absolute atomic E-state index is 0.00578. The molecule has 2 aromatic carbocycles. The van der Waals surface area contributed by atoms with Gasteiger partial charge in [0, 0.05) is 18.8 Å². The summed E-state index contributed by atoms with van der Waals surface area (Å²) in [5, 5.41) is 3.08. The van der Waals surface area contributed by atoms with Crippen molar-refractivity contribution < 1.29 is 9.18 Å². The summed E-state index contributed by atoms with van der Waals surface area (Å²) < 4.78 is 13.1. The number of anilines is 1. The van der Waals surface area contributed by atoms with Gasteiger partial charge in [-0.1, -0.05) is 30.7 Å². The van der Waals surface area contributed by atoms with Crippen LogP contribution in [-0.4, -0.2) is 24.0 Å². The molecule has 0 radical (unpaired) electrons. The maximum Gasteiger partial charge on any atom is 0.321 e. The number of hydrogen-bond acceptors (Lipinski definition) is 1. The van der Waals surface area contributed by atoms with Crippen LogP contribution < -0.4 is 5.32 Å². The van der Waals surface area contributed by atoms with Crippen molar-refractivity contribution in [2.45, 2.75) is 26.2 Å². The number of nitrogens with one attached hydrogen (secondary N) is 1. The molecule has 0 spiro atoms. The summed E-state index contributed by atoms with van der Waals surface area (Å²) in [5.41, 5.74) is 3.76. The molecule has 1 saturated carbocycles. The first kappa shape index (κ1) is 16.1. The molecule has 25 heavy (non-hydrogen) atoms. The second-order valence-corrected chi connectivity index (χ2v) is 7.32. The maximum atomic E-state index is 13.1. The molecule has 1 aliphatic heterocycles. The number of rotatable bonds is 2. The van der Waals surface area contributed by atoms with Crippen LogP contribution in [0.15, 0.2) is 42.5 Å². The van der Waals surface area contributed by atoms with Crippen molar-refractivity contribution in [3.05, 3.63) is 53.8 Å². The van der Waals surface area contributed by atoms with E-state index in [2.05, 4.69) is 5.32 Å². The zero-order chi connectivity index (χ0) is 17.4. The van der Waals surface area contributed by atoms with Gasteiger partial charge in [-0.2, -0.15) is 0 Å². The fraction of sp³-hybridized carbons (Fsp3) is 0.381. The van der Waals surface area contributed by atoms with E-state index in [1.807, 2.05) is 30.0 Å². The summed E-state index contributed by atoms with van der Waals surface area (Å²) in [7, 11) is 0. The Labute approximate surface area is 147 Å². The molecule has 4 heteroatoms. The van der Waals surface area contributed by atoms with Gasteiger partial charge in [-0.05, 0) is 66.5 Å². The van der Waals surface area contributed by atoms with Crippen molar-refractivity contribution in [3.8, 4) is 11.1 Å². The van der Waals surface area contributed by atoms with E-state index in [1.165, 1.54) is 31.4 Å². The Kier molecular flexibility index (Phi) is 4.20. The lowest BCUT2D eigenvalue weighted by Crippen LogP contribution is -2.33. The summed E-state index contributed by atoms with van der Waals surface area (Å²) in [5.74, 6) is 1.14. The molecule has 1 saturated heterocycles. The number of amides is 2. The highest BCUT2D eigenvalue weighted by Gasteiger charge is 2.38. The van der Waals surface area contributed by atoms with Gasteiger partial charge in [-0.25, -0.2) is 9.18 Å². The zero-order valence-corrected chi connectivity index (χ0v) is 14.5. The molecule has 1 N–H and O–H groups in total. The van der Waals surface area contributed by atoms with Crippen LogP contribution in [0.3, 0.4) is 0 Å². The molecule has 0 bridgehead atoms. The third kappa shape index (κ3) is 3.26. The van der Waals surface area contributed by atoms with Crippen molar-refractivity contribution in [1.82, 2.24) is 4.90 Å². The third-order valence-electron chi connectivity index (χ3n) is 5.67. The SMILES string of the molecule is Cc1ccc(-c2ccc(F)cc2)cc1NC(=O)N1CC2CCCC2C1. The molecular formula is C21H23FN2O. The summed E-state index contributed by atoms with van der Waals surface area (Å²) in [6.45, 7) is 3.75. The predicted octanol–water partition coefficient (Wildman–Crippen LogP) is 5.06. The van der Waals surface area contributed by atoms with E-state index in [-0.39, 0.29) is 11.8 Å². The largest absolute Gasteiger partial charge is 0.324 e. The normalized spacial score (nSPS) is 22.1. The molecular weight excluding hydrogens is 315 g/mol. The lowest BCUT2D eigenvalue weighted by molar-refractivity contribution is 0.219. The number of benzene rings is 2. The van der Waals surface area contributed by atoms with Crippen molar-refractivity contribution in [1.29, 1.82) is 0 Å². The molecule has 3 nitrogen and oxygen atoms in total. The maximum absolute atomic E-state index is 13.1. The number of halogens is 1. The lowest BCUT2D eigenvalue weighted by Gasteiger charge is -2.19. The number of aryl methyl sites for hydroxylation is 1. The van der Waals surface area contributed by atoms with Crippen LogP contribution in [0.2, 0.25) is 0 Å². The van der Waals surface area contributed by atoms with Crippen LogP contribution in [0.25, 0.3) is 11.1 Å². The van der Waals surface area contributed by atoms with Gasteiger partial charge in [0.15, 0.2) is 0 Å². The van der Waals surface area contributed by atoms with E-state index >= 15 is 0 Å². The Balaban J connectivity index is 1.51. The van der Waals surface area contributed by atoms with Crippen molar-refractivity contribution in [3.63, 3.8) is 0 Å². The minimum Gasteiger partial charge on any atom is -0.324 e.